The summed E-state index contributed by atoms with van der Waals surface area (Å²) < 4.78 is 0. The summed E-state index contributed by atoms with van der Waals surface area (Å²) >= 11 is 0. The number of rotatable bonds is 3. The lowest BCUT2D eigenvalue weighted by molar-refractivity contribution is -0.124. The summed E-state index contributed by atoms with van der Waals surface area (Å²) in [5.74, 6) is -0.427. The summed E-state index contributed by atoms with van der Waals surface area (Å²) in [4.78, 5) is 15.2. The van der Waals surface area contributed by atoms with Crippen LogP contribution in [0.2, 0.25) is 0 Å². The molecule has 0 heterocycles. The third-order valence-electron chi connectivity index (χ3n) is 0.625. The van der Waals surface area contributed by atoms with Gasteiger partial charge in [0.05, 0.1) is 12.1 Å². The Kier molecular flexibility index (Phi) is 3.32. The lowest BCUT2D eigenvalue weighted by Gasteiger charge is -2.18. The van der Waals surface area contributed by atoms with Crippen LogP contribution in [0.4, 0.5) is 0 Å². The Morgan fingerprint density at radius 3 is 2.40 bits per heavy atom. The van der Waals surface area contributed by atoms with Gasteiger partial charge in [-0.05, 0) is 20.8 Å². The van der Waals surface area contributed by atoms with Gasteiger partial charge in [0.25, 0.3) is 0 Å². The summed E-state index contributed by atoms with van der Waals surface area (Å²) in [5.41, 5.74) is 7.01. The molecule has 0 atom stereocenters. The minimum Gasteiger partial charge on any atom is -0.368 e. The van der Waals surface area contributed by atoms with E-state index >= 15 is 0 Å². The summed E-state index contributed by atoms with van der Waals surface area (Å²) in [5, 5.41) is 0. The van der Waals surface area contributed by atoms with Crippen molar-refractivity contribution >= 4 is 5.91 Å². The fourth-order valence-corrected chi connectivity index (χ4v) is 0.324. The number of nitrogens with one attached hydrogen (secondary N) is 1. The highest BCUT2D eigenvalue weighted by atomic mass is 16.7. The summed E-state index contributed by atoms with van der Waals surface area (Å²) in [6, 6.07) is 0. The zero-order valence-corrected chi connectivity index (χ0v) is 6.60. The largest absolute Gasteiger partial charge is 0.368 e. The minimum absolute atomic E-state index is 0.0528. The van der Waals surface area contributed by atoms with E-state index in [1.807, 2.05) is 20.8 Å². The molecule has 3 N–H and O–H groups in total. The van der Waals surface area contributed by atoms with Crippen molar-refractivity contribution in [3.63, 3.8) is 0 Å². The van der Waals surface area contributed by atoms with Crippen molar-refractivity contribution in [2.45, 2.75) is 26.4 Å². The molecule has 0 radical (unpaired) electrons. The van der Waals surface area contributed by atoms with Gasteiger partial charge in [-0.2, -0.15) is 5.48 Å². The van der Waals surface area contributed by atoms with Crippen LogP contribution in [0.5, 0.6) is 0 Å². The zero-order chi connectivity index (χ0) is 8.20. The van der Waals surface area contributed by atoms with Gasteiger partial charge in [0.2, 0.25) is 5.91 Å². The highest BCUT2D eigenvalue weighted by molar-refractivity contribution is 5.75. The Bertz CT molecular complexity index is 117. The van der Waals surface area contributed by atoms with Crippen molar-refractivity contribution in [3.05, 3.63) is 0 Å². The third kappa shape index (κ3) is 7.39. The number of amides is 1. The molecule has 0 aliphatic heterocycles. The molecule has 1 amide bonds. The topological polar surface area (TPSA) is 64.3 Å². The SMILES string of the molecule is CC(C)(C)ONCC(N)=O. The molecule has 0 saturated carbocycles. The standard InChI is InChI=1S/C6H14N2O2/c1-6(2,3)10-8-4-5(7)9/h8H,4H2,1-3H3,(H2,7,9). The molecule has 0 fully saturated rings. The molecule has 0 aromatic rings. The molecule has 0 aliphatic rings. The Labute approximate surface area is 60.7 Å². The normalized spacial score (nSPS) is 11.5. The lowest BCUT2D eigenvalue weighted by Crippen LogP contribution is -2.35. The first-order valence-corrected chi connectivity index (χ1v) is 3.11. The molecular weight excluding hydrogens is 132 g/mol. The molecule has 4 heteroatoms. The number of nitrogens with two attached hydrogens (primary N) is 1. The van der Waals surface area contributed by atoms with E-state index in [1.54, 1.807) is 0 Å². The second kappa shape index (κ2) is 3.53. The van der Waals surface area contributed by atoms with Gasteiger partial charge < -0.3 is 5.73 Å². The van der Waals surface area contributed by atoms with Crippen LogP contribution >= 0.6 is 0 Å². The van der Waals surface area contributed by atoms with Gasteiger partial charge in [0, 0.05) is 0 Å². The molecule has 0 aliphatic carbocycles. The van der Waals surface area contributed by atoms with Crippen molar-refractivity contribution < 1.29 is 9.63 Å². The van der Waals surface area contributed by atoms with Crippen LogP contribution < -0.4 is 11.2 Å². The molecular formula is C6H14N2O2. The van der Waals surface area contributed by atoms with Crippen molar-refractivity contribution in [1.82, 2.24) is 5.48 Å². The monoisotopic (exact) mass is 146 g/mol. The Morgan fingerprint density at radius 1 is 1.60 bits per heavy atom. The summed E-state index contributed by atoms with van der Waals surface area (Å²) in [7, 11) is 0. The van der Waals surface area contributed by atoms with Gasteiger partial charge in [0.1, 0.15) is 0 Å². The average Bonchev–Trinajstić information content (AvgIpc) is 1.59. The Balaban J connectivity index is 3.29. The van der Waals surface area contributed by atoms with E-state index in [0.29, 0.717) is 0 Å². The number of hydroxylamine groups is 1. The molecule has 0 saturated heterocycles. The second-order valence-electron chi connectivity index (χ2n) is 3.00. The predicted octanol–water partition coefficient (Wildman–Crippen LogP) is -0.209. The minimum atomic E-state index is -0.427. The number of hydrogen-bond acceptors (Lipinski definition) is 3. The predicted molar refractivity (Wildman–Crippen MR) is 38.0 cm³/mol. The number of carbonyl (C=O) groups is 1. The number of carbonyl (C=O) groups excluding carboxylic acids is 1. The van der Waals surface area contributed by atoms with Crippen molar-refractivity contribution in [3.8, 4) is 0 Å². The van der Waals surface area contributed by atoms with Crippen molar-refractivity contribution in [1.29, 1.82) is 0 Å². The summed E-state index contributed by atoms with van der Waals surface area (Å²) in [6.45, 7) is 5.68. The summed E-state index contributed by atoms with van der Waals surface area (Å²) in [6.07, 6.45) is 0. The van der Waals surface area contributed by atoms with Crippen LogP contribution in [0.25, 0.3) is 0 Å². The van der Waals surface area contributed by atoms with Crippen molar-refractivity contribution in [2.75, 3.05) is 6.54 Å². The fourth-order valence-electron chi connectivity index (χ4n) is 0.324. The molecule has 4 nitrogen and oxygen atoms in total. The maximum Gasteiger partial charge on any atom is 0.233 e. The van der Waals surface area contributed by atoms with E-state index in [2.05, 4.69) is 5.48 Å². The number of primary amides is 1. The van der Waals surface area contributed by atoms with Gasteiger partial charge in [0.15, 0.2) is 0 Å². The van der Waals surface area contributed by atoms with E-state index in [1.165, 1.54) is 0 Å². The lowest BCUT2D eigenvalue weighted by atomic mass is 10.2. The molecule has 10 heavy (non-hydrogen) atoms. The molecule has 0 rings (SSSR count). The van der Waals surface area contributed by atoms with Gasteiger partial charge in [-0.3, -0.25) is 9.63 Å². The van der Waals surface area contributed by atoms with Crippen LogP contribution in [-0.4, -0.2) is 18.1 Å². The van der Waals surface area contributed by atoms with E-state index in [-0.39, 0.29) is 12.1 Å². The van der Waals surface area contributed by atoms with Crippen LogP contribution in [0.3, 0.4) is 0 Å². The highest BCUT2D eigenvalue weighted by Gasteiger charge is 2.09. The van der Waals surface area contributed by atoms with Crippen LogP contribution in [0.1, 0.15) is 20.8 Å². The van der Waals surface area contributed by atoms with Gasteiger partial charge >= 0.3 is 0 Å². The van der Waals surface area contributed by atoms with Gasteiger partial charge in [-0.1, -0.05) is 0 Å². The first-order chi connectivity index (χ1) is 4.42. The van der Waals surface area contributed by atoms with Crippen LogP contribution in [0.15, 0.2) is 0 Å². The fraction of sp³-hybridized carbons (Fsp3) is 0.833. The van der Waals surface area contributed by atoms with E-state index in [0.717, 1.165) is 0 Å². The zero-order valence-electron chi connectivity index (χ0n) is 6.60. The quantitative estimate of drug-likeness (QED) is 0.541. The smallest absolute Gasteiger partial charge is 0.233 e. The second-order valence-corrected chi connectivity index (χ2v) is 3.00. The van der Waals surface area contributed by atoms with E-state index < -0.39 is 5.91 Å². The Hall–Kier alpha value is -0.610. The van der Waals surface area contributed by atoms with Gasteiger partial charge in [-0.25, -0.2) is 0 Å². The maximum atomic E-state index is 10.2. The van der Waals surface area contributed by atoms with Crippen LogP contribution in [-0.2, 0) is 9.63 Å². The third-order valence-corrected chi connectivity index (χ3v) is 0.625. The highest BCUT2D eigenvalue weighted by Crippen LogP contribution is 2.02. The molecule has 0 aromatic heterocycles. The molecule has 0 unspecified atom stereocenters. The van der Waals surface area contributed by atoms with Crippen LogP contribution in [0, 0.1) is 0 Å². The number of hydrogen-bond donors (Lipinski definition) is 2. The van der Waals surface area contributed by atoms with E-state index in [9.17, 15) is 4.79 Å². The van der Waals surface area contributed by atoms with E-state index in [4.69, 9.17) is 10.6 Å². The van der Waals surface area contributed by atoms with Gasteiger partial charge in [-0.15, -0.1) is 0 Å². The van der Waals surface area contributed by atoms with Crippen molar-refractivity contribution in [2.24, 2.45) is 5.73 Å². The Morgan fingerprint density at radius 2 is 2.10 bits per heavy atom. The molecule has 0 aromatic carbocycles. The molecule has 0 spiro atoms. The maximum absolute atomic E-state index is 10.2. The average molecular weight is 146 g/mol. The first kappa shape index (κ1) is 9.39. The molecule has 0 bridgehead atoms. The first-order valence-electron chi connectivity index (χ1n) is 3.11. The molecule has 60 valence electrons.